The van der Waals surface area contributed by atoms with E-state index in [1.807, 2.05) is 0 Å². The van der Waals surface area contributed by atoms with Crippen LogP contribution in [0.1, 0.15) is 0 Å². The number of hydrogen-bond donors (Lipinski definition) is 0. The Labute approximate surface area is 53.0 Å². The van der Waals surface area contributed by atoms with Crippen LogP contribution < -0.4 is 0 Å². The molecule has 3 nitrogen and oxygen atoms in total. The molecule has 0 unspecified atom stereocenters. The maximum Gasteiger partial charge on any atom is 0.150 e. The highest BCUT2D eigenvalue weighted by Gasteiger charge is 1.93. The third-order valence-electron chi connectivity index (χ3n) is 0.831. The first-order valence-electron chi connectivity index (χ1n) is 2.55. The van der Waals surface area contributed by atoms with Gasteiger partial charge in [0.1, 0.15) is 6.61 Å². The van der Waals surface area contributed by atoms with Crippen LogP contribution in [-0.4, -0.2) is 12.8 Å². The summed E-state index contributed by atoms with van der Waals surface area (Å²) < 4.78 is 4.80. The minimum absolute atomic E-state index is 0.347. The molecule has 1 rings (SSSR count). The van der Waals surface area contributed by atoms with Gasteiger partial charge in [-0.1, -0.05) is 0 Å². The molecule has 1 aliphatic rings. The summed E-state index contributed by atoms with van der Waals surface area (Å²) in [4.78, 5) is 3.72. The maximum atomic E-state index is 10.1. The molecule has 0 spiro atoms. The van der Waals surface area contributed by atoms with Crippen molar-refractivity contribution < 1.29 is 9.84 Å². The molecule has 1 aliphatic heterocycles. The number of rotatable bonds is 1. The van der Waals surface area contributed by atoms with Crippen molar-refractivity contribution in [1.82, 2.24) is 0 Å². The summed E-state index contributed by atoms with van der Waals surface area (Å²) in [7, 11) is 0. The van der Waals surface area contributed by atoms with Gasteiger partial charge in [-0.2, -0.15) is 0 Å². The fourth-order valence-electron chi connectivity index (χ4n) is 0.439. The number of allylic oxidation sites excluding steroid dienone is 1. The molecule has 0 aliphatic carbocycles. The lowest BCUT2D eigenvalue weighted by Crippen LogP contribution is -1.88. The Hall–Kier alpha value is -1.09. The minimum Gasteiger partial charge on any atom is -0.465 e. The Balaban J connectivity index is 2.62. The molecule has 9 heavy (non-hydrogen) atoms. The first kappa shape index (κ1) is 6.04. The van der Waals surface area contributed by atoms with Crippen molar-refractivity contribution in [3.63, 3.8) is 0 Å². The third-order valence-corrected chi connectivity index (χ3v) is 0.831. The fourth-order valence-corrected chi connectivity index (χ4v) is 0.439. The highest BCUT2D eigenvalue weighted by Crippen LogP contribution is 1.99. The summed E-state index contributed by atoms with van der Waals surface area (Å²) in [5.74, 6) is 0.347. The molecule has 0 aromatic carbocycles. The second-order valence-electron chi connectivity index (χ2n) is 1.48. The topological polar surface area (TPSA) is 41.5 Å². The molecule has 0 saturated carbocycles. The van der Waals surface area contributed by atoms with Gasteiger partial charge in [0, 0.05) is 6.21 Å². The molecule has 0 bridgehead atoms. The van der Waals surface area contributed by atoms with Crippen LogP contribution in [0.4, 0.5) is 0 Å². The zero-order valence-electron chi connectivity index (χ0n) is 4.78. The molecular weight excluding hydrogens is 118 g/mol. The molecule has 3 heteroatoms. The van der Waals surface area contributed by atoms with Crippen molar-refractivity contribution in [2.24, 2.45) is 4.99 Å². The largest absolute Gasteiger partial charge is 0.465 e. The smallest absolute Gasteiger partial charge is 0.150 e. The lowest BCUT2D eigenvalue weighted by atomic mass is 10.6. The van der Waals surface area contributed by atoms with E-state index in [9.17, 15) is 5.11 Å². The summed E-state index contributed by atoms with van der Waals surface area (Å²) in [5, 5.41) is 10.1. The molecule has 1 radical (unpaired) electrons. The van der Waals surface area contributed by atoms with E-state index in [1.165, 1.54) is 12.5 Å². The molecule has 0 saturated heterocycles. The van der Waals surface area contributed by atoms with Crippen LogP contribution in [0.5, 0.6) is 0 Å². The predicted molar refractivity (Wildman–Crippen MR) is 32.4 cm³/mol. The van der Waals surface area contributed by atoms with Gasteiger partial charge in [0.15, 0.2) is 5.76 Å². The van der Waals surface area contributed by atoms with Crippen LogP contribution in [0.3, 0.4) is 0 Å². The highest BCUT2D eigenvalue weighted by atomic mass is 16.5. The van der Waals surface area contributed by atoms with E-state index in [4.69, 9.17) is 4.74 Å². The average Bonchev–Trinajstić information content (AvgIpc) is 2.13. The standard InChI is InChI=1S/C6H6NO2/c8-5-6-4-7-2-1-3-9-6/h1-4H,5H2. The van der Waals surface area contributed by atoms with Crippen LogP contribution in [0.15, 0.2) is 29.3 Å². The Morgan fingerprint density at radius 3 is 3.33 bits per heavy atom. The molecule has 0 amide bonds. The van der Waals surface area contributed by atoms with Gasteiger partial charge in [-0.3, -0.25) is 4.99 Å². The molecule has 1 heterocycles. The molecular formula is C6H6NO2. The lowest BCUT2D eigenvalue weighted by molar-refractivity contribution is 0.168. The van der Waals surface area contributed by atoms with Crippen LogP contribution in [0.2, 0.25) is 0 Å². The Morgan fingerprint density at radius 2 is 2.56 bits per heavy atom. The number of ether oxygens (including phenoxy) is 1. The summed E-state index contributed by atoms with van der Waals surface area (Å²) in [5.41, 5.74) is 0. The fraction of sp³-hybridized carbons (Fsp3) is 0.167. The van der Waals surface area contributed by atoms with Gasteiger partial charge in [-0.05, 0) is 6.08 Å². The molecule has 0 aromatic heterocycles. The quantitative estimate of drug-likeness (QED) is 0.511. The van der Waals surface area contributed by atoms with Gasteiger partial charge in [0.2, 0.25) is 0 Å². The highest BCUT2D eigenvalue weighted by molar-refractivity contribution is 5.71. The second-order valence-corrected chi connectivity index (χ2v) is 1.48. The molecule has 47 valence electrons. The molecule has 0 atom stereocenters. The molecule has 0 fully saturated rings. The number of aliphatic imine (C=N–C) groups is 1. The summed E-state index contributed by atoms with van der Waals surface area (Å²) in [6.07, 6.45) is 6.02. The zero-order chi connectivity index (χ0) is 6.53. The normalized spacial score (nSPS) is 16.3. The first-order valence-corrected chi connectivity index (χ1v) is 2.55. The van der Waals surface area contributed by atoms with Gasteiger partial charge >= 0.3 is 0 Å². The van der Waals surface area contributed by atoms with Crippen molar-refractivity contribution >= 4 is 6.21 Å². The minimum atomic E-state index is -0.359. The number of hydrogen-bond acceptors (Lipinski definition) is 2. The maximum absolute atomic E-state index is 10.1. The Kier molecular flexibility index (Phi) is 2.04. The average molecular weight is 124 g/mol. The van der Waals surface area contributed by atoms with E-state index in [0.717, 1.165) is 0 Å². The van der Waals surface area contributed by atoms with Crippen molar-refractivity contribution in [3.8, 4) is 0 Å². The van der Waals surface area contributed by atoms with Crippen LogP contribution >= 0.6 is 0 Å². The summed E-state index contributed by atoms with van der Waals surface area (Å²) in [6.45, 7) is -0.359. The van der Waals surface area contributed by atoms with Crippen molar-refractivity contribution in [1.29, 1.82) is 0 Å². The molecule has 0 N–H and O–H groups in total. The van der Waals surface area contributed by atoms with Crippen molar-refractivity contribution in [2.75, 3.05) is 6.61 Å². The van der Waals surface area contributed by atoms with Crippen molar-refractivity contribution in [2.45, 2.75) is 0 Å². The van der Waals surface area contributed by atoms with E-state index >= 15 is 0 Å². The van der Waals surface area contributed by atoms with Gasteiger partial charge in [-0.15, -0.1) is 0 Å². The van der Waals surface area contributed by atoms with E-state index in [1.54, 1.807) is 12.3 Å². The Morgan fingerprint density at radius 1 is 1.67 bits per heavy atom. The SMILES string of the molecule is [O]CC1=CN=CC=CO1. The van der Waals surface area contributed by atoms with Crippen molar-refractivity contribution in [3.05, 3.63) is 24.3 Å². The first-order chi connectivity index (χ1) is 4.43. The lowest BCUT2D eigenvalue weighted by Gasteiger charge is -1.95. The van der Waals surface area contributed by atoms with Gasteiger partial charge in [0.25, 0.3) is 0 Å². The third kappa shape index (κ3) is 1.70. The van der Waals surface area contributed by atoms with E-state index < -0.39 is 0 Å². The number of nitrogens with zero attached hydrogens (tertiary/aromatic N) is 1. The van der Waals surface area contributed by atoms with E-state index in [-0.39, 0.29) is 6.61 Å². The van der Waals surface area contributed by atoms with E-state index in [0.29, 0.717) is 5.76 Å². The zero-order valence-corrected chi connectivity index (χ0v) is 4.78. The van der Waals surface area contributed by atoms with Crippen LogP contribution in [0.25, 0.3) is 0 Å². The van der Waals surface area contributed by atoms with Crippen LogP contribution in [-0.2, 0) is 9.84 Å². The summed E-state index contributed by atoms with van der Waals surface area (Å²) >= 11 is 0. The van der Waals surface area contributed by atoms with E-state index in [2.05, 4.69) is 4.99 Å². The van der Waals surface area contributed by atoms with Gasteiger partial charge < -0.3 is 4.74 Å². The van der Waals surface area contributed by atoms with Gasteiger partial charge in [-0.25, -0.2) is 5.11 Å². The Bertz CT molecular complexity index is 170. The second kappa shape index (κ2) is 3.04. The predicted octanol–water partition coefficient (Wildman–Crippen LogP) is 0.873. The molecule has 0 aromatic rings. The monoisotopic (exact) mass is 124 g/mol. The summed E-state index contributed by atoms with van der Waals surface area (Å²) in [6, 6.07) is 0. The van der Waals surface area contributed by atoms with Gasteiger partial charge in [0.05, 0.1) is 12.5 Å². The van der Waals surface area contributed by atoms with Crippen LogP contribution in [0, 0.1) is 0 Å².